The minimum absolute atomic E-state index is 0.0612. The average Bonchev–Trinajstić information content (AvgIpc) is 3.37. The number of fused-ring (bicyclic) bond motifs is 1. The van der Waals surface area contributed by atoms with Gasteiger partial charge in [-0.05, 0) is 37.9 Å². The third kappa shape index (κ3) is 3.37. The monoisotopic (exact) mass is 394 g/mol. The molecule has 5 rings (SSSR count). The van der Waals surface area contributed by atoms with Gasteiger partial charge in [-0.2, -0.15) is 10.2 Å². The molecule has 0 spiro atoms. The smallest absolute Gasteiger partial charge is 0.228 e. The summed E-state index contributed by atoms with van der Waals surface area (Å²) in [6.07, 6.45) is 5.63. The summed E-state index contributed by atoms with van der Waals surface area (Å²) in [6, 6.07) is 6.38. The molecule has 2 atom stereocenters. The van der Waals surface area contributed by atoms with Gasteiger partial charge in [-0.25, -0.2) is 4.52 Å². The van der Waals surface area contributed by atoms with Crippen LogP contribution in [0.1, 0.15) is 19.8 Å². The van der Waals surface area contributed by atoms with E-state index in [1.807, 2.05) is 36.1 Å². The van der Waals surface area contributed by atoms with Crippen LogP contribution in [-0.2, 0) is 11.8 Å². The lowest BCUT2D eigenvalue weighted by Crippen LogP contribution is -2.55. The number of nitrogens with zero attached hydrogens (tertiary/aromatic N) is 5. The summed E-state index contributed by atoms with van der Waals surface area (Å²) in [5.41, 5.74) is 2.85. The van der Waals surface area contributed by atoms with Crippen LogP contribution in [0.2, 0.25) is 0 Å². The number of carbonyl (C=O) groups excluding carboxylic acids is 1. The Kier molecular flexibility index (Phi) is 4.31. The molecule has 3 aromatic heterocycles. The number of aryl methyl sites for hydroxylation is 1. The fraction of sp³-hybridized carbons (Fsp3) is 0.476. The van der Waals surface area contributed by atoms with Crippen LogP contribution < -0.4 is 10.1 Å². The van der Waals surface area contributed by atoms with E-state index in [0.717, 1.165) is 41.9 Å². The zero-order chi connectivity index (χ0) is 20.1. The predicted molar refractivity (Wildman–Crippen MR) is 110 cm³/mol. The summed E-state index contributed by atoms with van der Waals surface area (Å²) in [6.45, 7) is 4.03. The Hall–Kier alpha value is -2.87. The molecule has 0 radical (unpaired) electrons. The van der Waals surface area contributed by atoms with E-state index in [1.54, 1.807) is 10.7 Å². The number of nitrogens with one attached hydrogen (secondary N) is 1. The molecule has 1 aliphatic heterocycles. The molecule has 3 aromatic rings. The van der Waals surface area contributed by atoms with Gasteiger partial charge in [0, 0.05) is 43.4 Å². The molecule has 2 fully saturated rings. The van der Waals surface area contributed by atoms with Crippen molar-refractivity contribution in [1.82, 2.24) is 24.3 Å². The lowest BCUT2D eigenvalue weighted by molar-refractivity contribution is -0.117. The van der Waals surface area contributed by atoms with Crippen molar-refractivity contribution < 1.29 is 9.53 Å². The summed E-state index contributed by atoms with van der Waals surface area (Å²) in [5.74, 6) is 2.23. The van der Waals surface area contributed by atoms with Gasteiger partial charge in [0.1, 0.15) is 12.3 Å². The number of amides is 1. The van der Waals surface area contributed by atoms with E-state index in [2.05, 4.69) is 34.4 Å². The van der Waals surface area contributed by atoms with E-state index in [-0.39, 0.29) is 11.8 Å². The minimum Gasteiger partial charge on any atom is -0.488 e. The molecule has 8 heteroatoms. The number of carbonyl (C=O) groups is 1. The Balaban J connectivity index is 1.38. The van der Waals surface area contributed by atoms with E-state index in [4.69, 9.17) is 4.74 Å². The summed E-state index contributed by atoms with van der Waals surface area (Å²) >= 11 is 0. The second kappa shape index (κ2) is 6.88. The zero-order valence-electron chi connectivity index (χ0n) is 17.0. The van der Waals surface area contributed by atoms with E-state index in [0.29, 0.717) is 24.4 Å². The standard InChI is InChI=1S/C21H26N6O2/c1-13-11-25(2)17(13)12-29-18-10-22-26(3)20(18)15-6-7-27-16(8-15)9-19(24-27)23-21(28)14-4-5-14/h6-10,13-14,17H,4-5,11-12H2,1-3H3,(H,23,24,28)/t13-,17+/m1/s1. The van der Waals surface area contributed by atoms with E-state index < -0.39 is 0 Å². The highest BCUT2D eigenvalue weighted by molar-refractivity contribution is 5.93. The van der Waals surface area contributed by atoms with Crippen LogP contribution in [0.3, 0.4) is 0 Å². The minimum atomic E-state index is 0.0612. The largest absolute Gasteiger partial charge is 0.488 e. The number of ether oxygens (including phenoxy) is 1. The molecule has 2 aliphatic rings. The van der Waals surface area contributed by atoms with Crippen molar-refractivity contribution in [3.63, 3.8) is 0 Å². The van der Waals surface area contributed by atoms with Gasteiger partial charge in [-0.3, -0.25) is 14.4 Å². The van der Waals surface area contributed by atoms with Crippen LogP contribution in [0.4, 0.5) is 5.82 Å². The number of aromatic nitrogens is 4. The van der Waals surface area contributed by atoms with Crippen LogP contribution in [0.5, 0.6) is 5.75 Å². The highest BCUT2D eigenvalue weighted by atomic mass is 16.5. The zero-order valence-corrected chi connectivity index (χ0v) is 17.0. The molecule has 1 N–H and O–H groups in total. The fourth-order valence-electron chi connectivity index (χ4n) is 4.10. The molecule has 1 amide bonds. The average molecular weight is 394 g/mol. The maximum atomic E-state index is 12.0. The van der Waals surface area contributed by atoms with Crippen molar-refractivity contribution in [2.75, 3.05) is 25.5 Å². The first-order chi connectivity index (χ1) is 14.0. The third-order valence-electron chi connectivity index (χ3n) is 6.05. The summed E-state index contributed by atoms with van der Waals surface area (Å²) in [7, 11) is 4.05. The first kappa shape index (κ1) is 18.2. The second-order valence-electron chi connectivity index (χ2n) is 8.35. The molecule has 4 heterocycles. The first-order valence-electron chi connectivity index (χ1n) is 10.2. The molecule has 1 saturated heterocycles. The van der Waals surface area contributed by atoms with Gasteiger partial charge in [0.2, 0.25) is 5.91 Å². The number of rotatable bonds is 6. The third-order valence-corrected chi connectivity index (χ3v) is 6.05. The van der Waals surface area contributed by atoms with E-state index in [1.165, 1.54) is 0 Å². The molecule has 1 aliphatic carbocycles. The highest BCUT2D eigenvalue weighted by Gasteiger charge is 2.33. The van der Waals surface area contributed by atoms with Crippen molar-refractivity contribution in [1.29, 1.82) is 0 Å². The lowest BCUT2D eigenvalue weighted by atomic mass is 9.92. The van der Waals surface area contributed by atoms with Gasteiger partial charge in [0.25, 0.3) is 0 Å². The molecule has 8 nitrogen and oxygen atoms in total. The van der Waals surface area contributed by atoms with Crippen LogP contribution in [0.25, 0.3) is 16.8 Å². The molecule has 152 valence electrons. The van der Waals surface area contributed by atoms with E-state index in [9.17, 15) is 4.79 Å². The summed E-state index contributed by atoms with van der Waals surface area (Å²) in [5, 5.41) is 11.8. The SMILES string of the molecule is C[C@@H]1CN(C)[C@H]1COc1cnn(C)c1-c1ccn2nc(NC(=O)C3CC3)cc2c1. The Morgan fingerprint density at radius 2 is 2.14 bits per heavy atom. The Morgan fingerprint density at radius 1 is 1.31 bits per heavy atom. The van der Waals surface area contributed by atoms with Gasteiger partial charge in [-0.15, -0.1) is 0 Å². The maximum Gasteiger partial charge on any atom is 0.228 e. The number of pyridine rings is 1. The first-order valence-corrected chi connectivity index (χ1v) is 10.2. The highest BCUT2D eigenvalue weighted by Crippen LogP contribution is 2.33. The number of hydrogen-bond acceptors (Lipinski definition) is 5. The second-order valence-corrected chi connectivity index (χ2v) is 8.35. The van der Waals surface area contributed by atoms with E-state index >= 15 is 0 Å². The van der Waals surface area contributed by atoms with Gasteiger partial charge in [0.15, 0.2) is 11.6 Å². The lowest BCUT2D eigenvalue weighted by Gasteiger charge is -2.43. The molecular formula is C21H26N6O2. The van der Waals surface area contributed by atoms with Crippen molar-refractivity contribution in [3.05, 3.63) is 30.6 Å². The summed E-state index contributed by atoms with van der Waals surface area (Å²) in [4.78, 5) is 14.3. The maximum absolute atomic E-state index is 12.0. The number of anilines is 1. The molecule has 0 bridgehead atoms. The van der Waals surface area contributed by atoms with Crippen LogP contribution in [-0.4, -0.2) is 56.4 Å². The molecule has 0 unspecified atom stereocenters. The fourth-order valence-corrected chi connectivity index (χ4v) is 4.10. The van der Waals surface area contributed by atoms with Gasteiger partial charge < -0.3 is 10.1 Å². The summed E-state index contributed by atoms with van der Waals surface area (Å²) < 4.78 is 9.76. The molecule has 1 saturated carbocycles. The topological polar surface area (TPSA) is 76.7 Å². The number of hydrogen-bond donors (Lipinski definition) is 1. The molecule has 29 heavy (non-hydrogen) atoms. The normalized spacial score (nSPS) is 21.9. The number of likely N-dealkylation sites (tertiary alicyclic amines) is 1. The van der Waals surface area contributed by atoms with Crippen LogP contribution in [0, 0.1) is 11.8 Å². The Bertz CT molecular complexity index is 1060. The van der Waals surface area contributed by atoms with Crippen molar-refractivity contribution in [2.24, 2.45) is 18.9 Å². The van der Waals surface area contributed by atoms with Crippen molar-refractivity contribution in [3.8, 4) is 17.0 Å². The van der Waals surface area contributed by atoms with Gasteiger partial charge in [0.05, 0.1) is 11.7 Å². The quantitative estimate of drug-likeness (QED) is 0.695. The van der Waals surface area contributed by atoms with Crippen molar-refractivity contribution in [2.45, 2.75) is 25.8 Å². The van der Waals surface area contributed by atoms with Gasteiger partial charge >= 0.3 is 0 Å². The Morgan fingerprint density at radius 3 is 2.86 bits per heavy atom. The van der Waals surface area contributed by atoms with Crippen LogP contribution in [0.15, 0.2) is 30.6 Å². The van der Waals surface area contributed by atoms with Gasteiger partial charge in [-0.1, -0.05) is 6.92 Å². The molecule has 0 aromatic carbocycles. The number of likely N-dealkylation sites (N-methyl/N-ethyl adjacent to an activating group) is 1. The predicted octanol–water partition coefficient (Wildman–Crippen LogP) is 2.41. The molecular weight excluding hydrogens is 368 g/mol. The van der Waals surface area contributed by atoms with Crippen molar-refractivity contribution >= 4 is 17.2 Å². The van der Waals surface area contributed by atoms with Crippen LogP contribution >= 0.6 is 0 Å². The Labute approximate surface area is 169 Å².